The summed E-state index contributed by atoms with van der Waals surface area (Å²) in [6.45, 7) is 5.62. The van der Waals surface area contributed by atoms with Gasteiger partial charge in [0.25, 0.3) is 0 Å². The van der Waals surface area contributed by atoms with Gasteiger partial charge in [-0.2, -0.15) is 0 Å². The van der Waals surface area contributed by atoms with Crippen LogP contribution in [0.25, 0.3) is 5.76 Å². The van der Waals surface area contributed by atoms with Crippen LogP contribution in [0.4, 0.5) is 0 Å². The zero-order chi connectivity index (χ0) is 11.7. The lowest BCUT2D eigenvalue weighted by Crippen LogP contribution is -2.07. The van der Waals surface area contributed by atoms with Gasteiger partial charge in [-0.3, -0.25) is 4.79 Å². The van der Waals surface area contributed by atoms with Gasteiger partial charge in [0, 0.05) is 12.5 Å². The summed E-state index contributed by atoms with van der Waals surface area (Å²) in [5, 5.41) is 0. The van der Waals surface area contributed by atoms with Crippen molar-refractivity contribution in [3.8, 4) is 0 Å². The summed E-state index contributed by atoms with van der Waals surface area (Å²) < 4.78 is 5.25. The molecule has 84 valence electrons. The van der Waals surface area contributed by atoms with E-state index in [1.54, 1.807) is 0 Å². The van der Waals surface area contributed by atoms with Crippen molar-refractivity contribution in [2.45, 2.75) is 33.6 Å². The maximum atomic E-state index is 11.0. The summed E-state index contributed by atoms with van der Waals surface area (Å²) >= 11 is 0. The number of carbonyl (C=O) groups is 1. The first-order chi connectivity index (χ1) is 7.58. The first-order valence-corrected chi connectivity index (χ1v) is 5.57. The second-order valence-electron chi connectivity index (χ2n) is 4.31. The number of ether oxygens (including phenoxy) is 1. The number of carbonyl (C=O) groups excluding carboxylic acids is 1. The second-order valence-corrected chi connectivity index (χ2v) is 4.31. The van der Waals surface area contributed by atoms with Crippen LogP contribution in [0.2, 0.25) is 0 Å². The predicted octanol–water partition coefficient (Wildman–Crippen LogP) is 3.15. The van der Waals surface area contributed by atoms with Crippen LogP contribution in [0.5, 0.6) is 0 Å². The Balaban J connectivity index is 2.48. The number of fused-ring (bicyclic) bond motifs is 1. The van der Waals surface area contributed by atoms with Gasteiger partial charge in [0.05, 0.1) is 0 Å². The van der Waals surface area contributed by atoms with Gasteiger partial charge in [-0.1, -0.05) is 11.6 Å². The van der Waals surface area contributed by atoms with Crippen LogP contribution in [-0.2, 0) is 16.0 Å². The molecule has 0 spiro atoms. The fraction of sp³-hybridized carbons (Fsp3) is 0.357. The van der Waals surface area contributed by atoms with Crippen LogP contribution in [-0.4, -0.2) is 5.97 Å². The minimum Gasteiger partial charge on any atom is -0.426 e. The van der Waals surface area contributed by atoms with Crippen molar-refractivity contribution in [1.82, 2.24) is 0 Å². The lowest BCUT2D eigenvalue weighted by atomic mass is 9.90. The van der Waals surface area contributed by atoms with E-state index in [9.17, 15) is 4.79 Å². The van der Waals surface area contributed by atoms with E-state index in [4.69, 9.17) is 4.74 Å². The highest BCUT2D eigenvalue weighted by Crippen LogP contribution is 2.30. The molecule has 0 N–H and O–H groups in total. The zero-order valence-corrected chi connectivity index (χ0v) is 9.96. The van der Waals surface area contributed by atoms with Crippen LogP contribution in [0.3, 0.4) is 0 Å². The molecule has 1 aliphatic rings. The standard InChI is InChI=1S/C14H16O2/c1-9-7-10(2)12-5-4-6-14(13(12)8-9)16-11(3)15/h6-8H,4-5H2,1-3H3. The molecule has 1 aliphatic carbocycles. The molecular weight excluding hydrogens is 200 g/mol. The Morgan fingerprint density at radius 1 is 1.31 bits per heavy atom. The largest absolute Gasteiger partial charge is 0.426 e. The normalized spacial score (nSPS) is 14.1. The van der Waals surface area contributed by atoms with Crippen LogP contribution in [0.1, 0.15) is 35.6 Å². The monoisotopic (exact) mass is 216 g/mol. The summed E-state index contributed by atoms with van der Waals surface area (Å²) in [4.78, 5) is 11.0. The zero-order valence-electron chi connectivity index (χ0n) is 9.96. The van der Waals surface area contributed by atoms with Crippen molar-refractivity contribution in [3.05, 3.63) is 40.5 Å². The molecule has 0 aliphatic heterocycles. The van der Waals surface area contributed by atoms with Crippen molar-refractivity contribution in [2.24, 2.45) is 0 Å². The summed E-state index contributed by atoms with van der Waals surface area (Å²) in [5.41, 5.74) is 4.88. The number of rotatable bonds is 1. The summed E-state index contributed by atoms with van der Waals surface area (Å²) in [6.07, 6.45) is 3.98. The molecule has 0 saturated carbocycles. The van der Waals surface area contributed by atoms with Gasteiger partial charge in [-0.05, 0) is 50.0 Å². The molecule has 1 aromatic rings. The average molecular weight is 216 g/mol. The van der Waals surface area contributed by atoms with Gasteiger partial charge in [0.2, 0.25) is 0 Å². The maximum Gasteiger partial charge on any atom is 0.308 e. The molecule has 0 heterocycles. The van der Waals surface area contributed by atoms with Crippen molar-refractivity contribution in [3.63, 3.8) is 0 Å². The Kier molecular flexibility index (Phi) is 2.82. The molecule has 1 aromatic carbocycles. The highest BCUT2D eigenvalue weighted by molar-refractivity contribution is 5.78. The number of benzene rings is 1. The summed E-state index contributed by atoms with van der Waals surface area (Å²) in [5.74, 6) is 0.471. The smallest absolute Gasteiger partial charge is 0.308 e. The van der Waals surface area contributed by atoms with Crippen molar-refractivity contribution >= 4 is 11.7 Å². The lowest BCUT2D eigenvalue weighted by molar-refractivity contribution is -0.134. The Morgan fingerprint density at radius 3 is 2.75 bits per heavy atom. The average Bonchev–Trinajstić information content (AvgIpc) is 2.18. The lowest BCUT2D eigenvalue weighted by Gasteiger charge is -2.19. The molecule has 0 amide bonds. The van der Waals surface area contributed by atoms with E-state index in [-0.39, 0.29) is 5.97 Å². The molecule has 0 saturated heterocycles. The van der Waals surface area contributed by atoms with Gasteiger partial charge in [-0.15, -0.1) is 0 Å². The fourth-order valence-corrected chi connectivity index (χ4v) is 2.26. The SMILES string of the molecule is CC(=O)OC1=CCCc2c(C)cc(C)cc21. The van der Waals surface area contributed by atoms with Crippen molar-refractivity contribution < 1.29 is 9.53 Å². The number of aryl methyl sites for hydroxylation is 2. The minimum atomic E-state index is -0.252. The van der Waals surface area contributed by atoms with Gasteiger partial charge in [0.15, 0.2) is 0 Å². The molecule has 0 atom stereocenters. The molecule has 2 heteroatoms. The van der Waals surface area contributed by atoms with Crippen LogP contribution < -0.4 is 0 Å². The van der Waals surface area contributed by atoms with E-state index in [1.807, 2.05) is 6.08 Å². The second kappa shape index (κ2) is 4.12. The van der Waals surface area contributed by atoms with E-state index in [0.717, 1.165) is 24.2 Å². The van der Waals surface area contributed by atoms with Gasteiger partial charge in [0.1, 0.15) is 5.76 Å². The predicted molar refractivity (Wildman–Crippen MR) is 64.0 cm³/mol. The highest BCUT2D eigenvalue weighted by atomic mass is 16.5. The molecule has 2 nitrogen and oxygen atoms in total. The first kappa shape index (κ1) is 10.9. The van der Waals surface area contributed by atoms with E-state index in [0.29, 0.717) is 0 Å². The number of hydrogen-bond acceptors (Lipinski definition) is 2. The van der Waals surface area contributed by atoms with E-state index < -0.39 is 0 Å². The Bertz CT molecular complexity index is 470. The number of allylic oxidation sites excluding steroid dienone is 1. The van der Waals surface area contributed by atoms with Gasteiger partial charge in [-0.25, -0.2) is 0 Å². The molecule has 0 aromatic heterocycles. The molecule has 0 radical (unpaired) electrons. The maximum absolute atomic E-state index is 11.0. The molecule has 2 rings (SSSR count). The molecule has 0 unspecified atom stereocenters. The number of esters is 1. The van der Waals surface area contributed by atoms with Gasteiger partial charge >= 0.3 is 5.97 Å². The van der Waals surface area contributed by atoms with E-state index in [1.165, 1.54) is 23.6 Å². The van der Waals surface area contributed by atoms with Gasteiger partial charge < -0.3 is 4.74 Å². The third-order valence-corrected chi connectivity index (χ3v) is 2.86. The Hall–Kier alpha value is -1.57. The molecule has 16 heavy (non-hydrogen) atoms. The number of hydrogen-bond donors (Lipinski definition) is 0. The van der Waals surface area contributed by atoms with E-state index in [2.05, 4.69) is 26.0 Å². The van der Waals surface area contributed by atoms with E-state index >= 15 is 0 Å². The topological polar surface area (TPSA) is 26.3 Å². The Labute approximate surface area is 95.9 Å². The first-order valence-electron chi connectivity index (χ1n) is 5.57. The molecular formula is C14H16O2. The third kappa shape index (κ3) is 2.01. The highest BCUT2D eigenvalue weighted by Gasteiger charge is 2.17. The van der Waals surface area contributed by atoms with Crippen molar-refractivity contribution in [1.29, 1.82) is 0 Å². The third-order valence-electron chi connectivity index (χ3n) is 2.86. The van der Waals surface area contributed by atoms with Crippen LogP contribution >= 0.6 is 0 Å². The quantitative estimate of drug-likeness (QED) is 0.674. The van der Waals surface area contributed by atoms with Crippen LogP contribution in [0.15, 0.2) is 18.2 Å². The Morgan fingerprint density at radius 2 is 2.06 bits per heavy atom. The van der Waals surface area contributed by atoms with Crippen molar-refractivity contribution in [2.75, 3.05) is 0 Å². The molecule has 0 bridgehead atoms. The fourth-order valence-electron chi connectivity index (χ4n) is 2.26. The molecule has 0 fully saturated rings. The summed E-state index contributed by atoms with van der Waals surface area (Å²) in [6, 6.07) is 4.27. The minimum absolute atomic E-state index is 0.252. The van der Waals surface area contributed by atoms with Crippen LogP contribution in [0, 0.1) is 13.8 Å². The summed E-state index contributed by atoms with van der Waals surface area (Å²) in [7, 11) is 0.